The van der Waals surface area contributed by atoms with Crippen molar-refractivity contribution in [2.75, 3.05) is 19.7 Å². The highest BCUT2D eigenvalue weighted by molar-refractivity contribution is 5.67. The molecule has 1 N–H and O–H groups in total. The van der Waals surface area contributed by atoms with Gasteiger partial charge in [-0.25, -0.2) is 4.79 Å². The second kappa shape index (κ2) is 6.67. The molecule has 1 aliphatic heterocycles. The van der Waals surface area contributed by atoms with E-state index in [-0.39, 0.29) is 18.8 Å². The number of amides is 1. The summed E-state index contributed by atoms with van der Waals surface area (Å²) < 4.78 is 5.27. The first-order chi connectivity index (χ1) is 7.24. The highest BCUT2D eigenvalue weighted by atomic mass is 16.6. The number of rotatable bonds is 4. The standard InChI is InChI=1S/C11H21NO3/c1-10(6-5-9-13)15-11(14)12-7-3-2-4-8-12/h10,13H,2-9H2,1H3. The molecule has 1 rings (SSSR count). The average Bonchev–Trinajstić information content (AvgIpc) is 2.27. The molecular weight excluding hydrogens is 194 g/mol. The highest BCUT2D eigenvalue weighted by Gasteiger charge is 2.19. The Morgan fingerprint density at radius 3 is 2.67 bits per heavy atom. The zero-order valence-electron chi connectivity index (χ0n) is 9.45. The fraction of sp³-hybridized carbons (Fsp3) is 0.909. The molecule has 4 nitrogen and oxygen atoms in total. The molecule has 0 saturated carbocycles. The van der Waals surface area contributed by atoms with E-state index in [2.05, 4.69) is 0 Å². The van der Waals surface area contributed by atoms with Crippen LogP contribution in [-0.2, 0) is 4.74 Å². The van der Waals surface area contributed by atoms with Gasteiger partial charge in [-0.1, -0.05) is 0 Å². The number of nitrogens with zero attached hydrogens (tertiary/aromatic N) is 1. The average molecular weight is 215 g/mol. The molecule has 1 unspecified atom stereocenters. The summed E-state index contributed by atoms with van der Waals surface area (Å²) in [5.74, 6) is 0. The lowest BCUT2D eigenvalue weighted by Crippen LogP contribution is -2.37. The van der Waals surface area contributed by atoms with Crippen molar-refractivity contribution in [3.05, 3.63) is 0 Å². The lowest BCUT2D eigenvalue weighted by molar-refractivity contribution is 0.0585. The molecule has 1 atom stereocenters. The van der Waals surface area contributed by atoms with Gasteiger partial charge in [0, 0.05) is 19.7 Å². The molecule has 0 aliphatic carbocycles. The molecule has 1 amide bonds. The van der Waals surface area contributed by atoms with Crippen LogP contribution in [0.4, 0.5) is 4.79 Å². The van der Waals surface area contributed by atoms with Crippen LogP contribution in [0.2, 0.25) is 0 Å². The number of aliphatic hydroxyl groups excluding tert-OH is 1. The van der Waals surface area contributed by atoms with Crippen molar-refractivity contribution in [1.29, 1.82) is 0 Å². The van der Waals surface area contributed by atoms with Crippen LogP contribution in [0.3, 0.4) is 0 Å². The van der Waals surface area contributed by atoms with Gasteiger partial charge in [-0.2, -0.15) is 0 Å². The Labute approximate surface area is 91.2 Å². The number of likely N-dealkylation sites (tertiary alicyclic amines) is 1. The van der Waals surface area contributed by atoms with Crippen LogP contribution >= 0.6 is 0 Å². The van der Waals surface area contributed by atoms with Gasteiger partial charge < -0.3 is 14.7 Å². The molecular formula is C11H21NO3. The van der Waals surface area contributed by atoms with Crippen LogP contribution < -0.4 is 0 Å². The number of carbonyl (C=O) groups is 1. The van der Waals surface area contributed by atoms with Gasteiger partial charge in [0.05, 0.1) is 0 Å². The van der Waals surface area contributed by atoms with Gasteiger partial charge in [0.2, 0.25) is 0 Å². The van der Waals surface area contributed by atoms with Gasteiger partial charge in [-0.05, 0) is 39.0 Å². The van der Waals surface area contributed by atoms with Crippen molar-refractivity contribution in [2.45, 2.75) is 45.1 Å². The maximum absolute atomic E-state index is 11.6. The zero-order chi connectivity index (χ0) is 11.1. The maximum Gasteiger partial charge on any atom is 0.410 e. The molecule has 15 heavy (non-hydrogen) atoms. The van der Waals surface area contributed by atoms with E-state index in [1.54, 1.807) is 4.90 Å². The van der Waals surface area contributed by atoms with Crippen LogP contribution in [0.1, 0.15) is 39.0 Å². The SMILES string of the molecule is CC(CCCO)OC(=O)N1CCCCC1. The van der Waals surface area contributed by atoms with E-state index in [1.807, 2.05) is 6.92 Å². The fourth-order valence-corrected chi connectivity index (χ4v) is 1.76. The highest BCUT2D eigenvalue weighted by Crippen LogP contribution is 2.11. The van der Waals surface area contributed by atoms with Gasteiger partial charge in [0.15, 0.2) is 0 Å². The molecule has 4 heteroatoms. The number of piperidine rings is 1. The fourth-order valence-electron chi connectivity index (χ4n) is 1.76. The molecule has 88 valence electrons. The molecule has 0 spiro atoms. The Morgan fingerprint density at radius 1 is 1.40 bits per heavy atom. The Morgan fingerprint density at radius 2 is 2.07 bits per heavy atom. The van der Waals surface area contributed by atoms with Crippen molar-refractivity contribution in [3.63, 3.8) is 0 Å². The van der Waals surface area contributed by atoms with E-state index in [9.17, 15) is 4.79 Å². The van der Waals surface area contributed by atoms with E-state index in [0.29, 0.717) is 6.42 Å². The quantitative estimate of drug-likeness (QED) is 0.777. The molecule has 0 radical (unpaired) electrons. The van der Waals surface area contributed by atoms with E-state index < -0.39 is 0 Å². The van der Waals surface area contributed by atoms with Gasteiger partial charge in [0.25, 0.3) is 0 Å². The van der Waals surface area contributed by atoms with Crippen LogP contribution in [0, 0.1) is 0 Å². The third-order valence-corrected chi connectivity index (χ3v) is 2.69. The third kappa shape index (κ3) is 4.51. The number of carbonyl (C=O) groups excluding carboxylic acids is 1. The van der Waals surface area contributed by atoms with Gasteiger partial charge in [-0.15, -0.1) is 0 Å². The van der Waals surface area contributed by atoms with Crippen molar-refractivity contribution in [1.82, 2.24) is 4.90 Å². The molecule has 1 saturated heterocycles. The lowest BCUT2D eigenvalue weighted by atomic mass is 10.1. The van der Waals surface area contributed by atoms with Crippen LogP contribution in [-0.4, -0.2) is 41.9 Å². The minimum atomic E-state index is -0.194. The molecule has 1 aliphatic rings. The minimum absolute atomic E-state index is 0.0911. The van der Waals surface area contributed by atoms with Gasteiger partial charge in [0.1, 0.15) is 6.10 Å². The number of aliphatic hydroxyl groups is 1. The van der Waals surface area contributed by atoms with Crippen molar-refractivity contribution < 1.29 is 14.6 Å². The maximum atomic E-state index is 11.6. The summed E-state index contributed by atoms with van der Waals surface area (Å²) in [7, 11) is 0. The minimum Gasteiger partial charge on any atom is -0.446 e. The Bertz CT molecular complexity index is 190. The van der Waals surface area contributed by atoms with Gasteiger partial charge >= 0.3 is 6.09 Å². The summed E-state index contributed by atoms with van der Waals surface area (Å²) in [6, 6.07) is 0. The normalized spacial score (nSPS) is 18.7. The second-order valence-electron chi connectivity index (χ2n) is 4.11. The summed E-state index contributed by atoms with van der Waals surface area (Å²) in [4.78, 5) is 13.4. The number of ether oxygens (including phenoxy) is 1. The molecule has 0 aromatic heterocycles. The number of hydrogen-bond acceptors (Lipinski definition) is 3. The summed E-state index contributed by atoms with van der Waals surface area (Å²) in [5, 5.41) is 8.65. The molecule has 0 aromatic carbocycles. The molecule has 0 bridgehead atoms. The summed E-state index contributed by atoms with van der Waals surface area (Å²) in [5.41, 5.74) is 0. The predicted octanol–water partition coefficient (Wildman–Crippen LogP) is 1.77. The van der Waals surface area contributed by atoms with Crippen LogP contribution in [0.5, 0.6) is 0 Å². The summed E-state index contributed by atoms with van der Waals surface area (Å²) >= 11 is 0. The van der Waals surface area contributed by atoms with E-state index in [4.69, 9.17) is 9.84 Å². The van der Waals surface area contributed by atoms with Crippen LogP contribution in [0.25, 0.3) is 0 Å². The topological polar surface area (TPSA) is 49.8 Å². The monoisotopic (exact) mass is 215 g/mol. The van der Waals surface area contributed by atoms with Crippen molar-refractivity contribution in [2.24, 2.45) is 0 Å². The summed E-state index contributed by atoms with van der Waals surface area (Å²) in [6.45, 7) is 3.68. The van der Waals surface area contributed by atoms with E-state index in [0.717, 1.165) is 32.4 Å². The Balaban J connectivity index is 2.21. The number of hydrogen-bond donors (Lipinski definition) is 1. The Hall–Kier alpha value is -0.770. The Kier molecular flexibility index (Phi) is 5.47. The lowest BCUT2D eigenvalue weighted by Gasteiger charge is -2.27. The van der Waals surface area contributed by atoms with Crippen LogP contribution in [0.15, 0.2) is 0 Å². The molecule has 0 aromatic rings. The third-order valence-electron chi connectivity index (χ3n) is 2.69. The first-order valence-corrected chi connectivity index (χ1v) is 5.80. The van der Waals surface area contributed by atoms with Crippen molar-refractivity contribution >= 4 is 6.09 Å². The predicted molar refractivity (Wildman–Crippen MR) is 57.7 cm³/mol. The van der Waals surface area contributed by atoms with Gasteiger partial charge in [-0.3, -0.25) is 0 Å². The van der Waals surface area contributed by atoms with E-state index >= 15 is 0 Å². The molecule has 1 fully saturated rings. The second-order valence-corrected chi connectivity index (χ2v) is 4.11. The molecule has 1 heterocycles. The largest absolute Gasteiger partial charge is 0.446 e. The smallest absolute Gasteiger partial charge is 0.410 e. The van der Waals surface area contributed by atoms with Crippen molar-refractivity contribution in [3.8, 4) is 0 Å². The summed E-state index contributed by atoms with van der Waals surface area (Å²) in [6.07, 6.45) is 4.51. The zero-order valence-corrected chi connectivity index (χ0v) is 9.45. The first kappa shape index (κ1) is 12.3. The van der Waals surface area contributed by atoms with E-state index in [1.165, 1.54) is 6.42 Å². The first-order valence-electron chi connectivity index (χ1n) is 5.80.